The molecule has 0 N–H and O–H groups in total. The summed E-state index contributed by atoms with van der Waals surface area (Å²) in [6.45, 7) is 0. The molecule has 7 heteroatoms. The first-order chi connectivity index (χ1) is 4.97. The number of hydrogen-bond donors (Lipinski definition) is 0. The molecule has 0 fully saturated rings. The van der Waals surface area contributed by atoms with Crippen molar-refractivity contribution in [2.45, 2.75) is 5.75 Å². The van der Waals surface area contributed by atoms with Crippen molar-refractivity contribution in [3.05, 3.63) is 16.8 Å². The van der Waals surface area contributed by atoms with E-state index in [0.717, 1.165) is 0 Å². The molecule has 4 nitrogen and oxygen atoms in total. The monoisotopic (exact) mass is 259 g/mol. The summed E-state index contributed by atoms with van der Waals surface area (Å²) >= 11 is 2.92. The number of aromatic nitrogens is 1. The lowest BCUT2D eigenvalue weighted by Crippen LogP contribution is -1.92. The molecule has 0 atom stereocenters. The molecule has 1 heterocycles. The van der Waals surface area contributed by atoms with Crippen molar-refractivity contribution >= 4 is 35.7 Å². The van der Waals surface area contributed by atoms with E-state index in [4.69, 9.17) is 15.1 Å². The Kier molecular flexibility index (Phi) is 2.56. The van der Waals surface area contributed by atoms with Crippen LogP contribution < -0.4 is 0 Å². The highest BCUT2D eigenvalue weighted by Crippen LogP contribution is 2.14. The van der Waals surface area contributed by atoms with E-state index in [1.54, 1.807) is 0 Å². The largest absolute Gasteiger partial charge is 0.435 e. The number of oxazole rings is 1. The fourth-order valence-electron chi connectivity index (χ4n) is 0.520. The van der Waals surface area contributed by atoms with Gasteiger partial charge in [-0.2, -0.15) is 0 Å². The molecule has 0 unspecified atom stereocenters. The van der Waals surface area contributed by atoms with Gasteiger partial charge in [-0.1, -0.05) is 0 Å². The molecule has 0 aliphatic rings. The molecule has 1 rings (SSSR count). The van der Waals surface area contributed by atoms with E-state index >= 15 is 0 Å². The first-order valence-corrected chi connectivity index (χ1v) is 5.77. The van der Waals surface area contributed by atoms with Gasteiger partial charge in [0.05, 0.1) is 6.20 Å². The molecule has 0 saturated carbocycles. The average Bonchev–Trinajstić information content (AvgIpc) is 2.10. The third kappa shape index (κ3) is 3.22. The van der Waals surface area contributed by atoms with E-state index in [1.807, 2.05) is 0 Å². The Morgan fingerprint density at radius 1 is 1.73 bits per heavy atom. The lowest BCUT2D eigenvalue weighted by atomic mass is 10.6. The summed E-state index contributed by atoms with van der Waals surface area (Å²) < 4.78 is 25.7. The van der Waals surface area contributed by atoms with E-state index in [2.05, 4.69) is 20.9 Å². The molecule has 0 spiro atoms. The second-order valence-electron chi connectivity index (χ2n) is 1.76. The van der Waals surface area contributed by atoms with Crippen LogP contribution in [0.1, 0.15) is 5.76 Å². The fourth-order valence-corrected chi connectivity index (χ4v) is 1.63. The molecule has 1 aromatic heterocycles. The van der Waals surface area contributed by atoms with Gasteiger partial charge in [0.1, 0.15) is 11.5 Å². The molecule has 0 bridgehead atoms. The smallest absolute Gasteiger partial charge is 0.264 e. The van der Waals surface area contributed by atoms with E-state index in [0.29, 0.717) is 0 Å². The number of nitrogens with zero attached hydrogens (tertiary/aromatic N) is 1. The van der Waals surface area contributed by atoms with Crippen molar-refractivity contribution in [2.75, 3.05) is 0 Å². The molecular formula is C4H3BrClNO3S. The third-order valence-electron chi connectivity index (χ3n) is 0.840. The van der Waals surface area contributed by atoms with Crippen molar-refractivity contribution in [3.8, 4) is 0 Å². The maximum Gasteiger partial charge on any atom is 0.264 e. The molecule has 0 amide bonds. The summed E-state index contributed by atoms with van der Waals surface area (Å²) in [5.74, 6) is -0.125. The topological polar surface area (TPSA) is 60.2 Å². The Labute approximate surface area is 76.1 Å². The minimum Gasteiger partial charge on any atom is -0.435 e. The Bertz CT molecular complexity index is 346. The van der Waals surface area contributed by atoms with Crippen molar-refractivity contribution in [1.29, 1.82) is 0 Å². The van der Waals surface area contributed by atoms with Crippen molar-refractivity contribution in [1.82, 2.24) is 4.98 Å². The van der Waals surface area contributed by atoms with Crippen LogP contribution in [-0.2, 0) is 14.8 Å². The molecule has 62 valence electrons. The zero-order valence-electron chi connectivity index (χ0n) is 5.12. The van der Waals surface area contributed by atoms with Gasteiger partial charge >= 0.3 is 0 Å². The summed E-state index contributed by atoms with van der Waals surface area (Å²) in [5.41, 5.74) is 0. The van der Waals surface area contributed by atoms with E-state index in [-0.39, 0.29) is 16.3 Å². The minimum absolute atomic E-state index is 0.215. The Morgan fingerprint density at radius 2 is 2.36 bits per heavy atom. The summed E-state index contributed by atoms with van der Waals surface area (Å²) in [7, 11) is 1.40. The van der Waals surface area contributed by atoms with Gasteiger partial charge in [-0.25, -0.2) is 13.4 Å². The van der Waals surface area contributed by atoms with E-state index < -0.39 is 9.05 Å². The first-order valence-electron chi connectivity index (χ1n) is 2.50. The van der Waals surface area contributed by atoms with Gasteiger partial charge in [-0.3, -0.25) is 0 Å². The van der Waals surface area contributed by atoms with Gasteiger partial charge in [0.2, 0.25) is 9.05 Å². The highest BCUT2D eigenvalue weighted by molar-refractivity contribution is 9.10. The molecule has 0 aliphatic heterocycles. The van der Waals surface area contributed by atoms with Crippen LogP contribution in [0.15, 0.2) is 15.4 Å². The normalized spacial score (nSPS) is 11.8. The first kappa shape index (κ1) is 9.02. The average molecular weight is 260 g/mol. The molecule has 0 aromatic carbocycles. The maximum atomic E-state index is 10.5. The molecule has 0 aliphatic carbocycles. The lowest BCUT2D eigenvalue weighted by Gasteiger charge is -1.87. The molecule has 0 saturated heterocycles. The molecular weight excluding hydrogens is 257 g/mol. The fraction of sp³-hybridized carbons (Fsp3) is 0.250. The standard InChI is InChI=1S/C4H3BrClNO3S/c5-4-7-1-3(10-4)2-11(6,8)9/h1H,2H2. The maximum absolute atomic E-state index is 10.5. The molecule has 11 heavy (non-hydrogen) atoms. The van der Waals surface area contributed by atoms with Gasteiger partial charge in [0.15, 0.2) is 0 Å². The molecule has 1 aromatic rings. The van der Waals surface area contributed by atoms with Crippen LogP contribution in [0.4, 0.5) is 0 Å². The highest BCUT2D eigenvalue weighted by atomic mass is 79.9. The third-order valence-corrected chi connectivity index (χ3v) is 2.16. The second kappa shape index (κ2) is 3.12. The van der Waals surface area contributed by atoms with Gasteiger partial charge in [-0.15, -0.1) is 0 Å². The van der Waals surface area contributed by atoms with Crippen molar-refractivity contribution < 1.29 is 12.8 Å². The predicted octanol–water partition coefficient (Wildman–Crippen LogP) is 1.51. The predicted molar refractivity (Wildman–Crippen MR) is 42.7 cm³/mol. The van der Waals surface area contributed by atoms with Crippen molar-refractivity contribution in [3.63, 3.8) is 0 Å². The van der Waals surface area contributed by atoms with Gasteiger partial charge in [0, 0.05) is 26.6 Å². The van der Waals surface area contributed by atoms with E-state index in [9.17, 15) is 8.42 Å². The quantitative estimate of drug-likeness (QED) is 0.756. The Balaban J connectivity index is 2.81. The highest BCUT2D eigenvalue weighted by Gasteiger charge is 2.10. The van der Waals surface area contributed by atoms with Crippen LogP contribution in [0.25, 0.3) is 0 Å². The van der Waals surface area contributed by atoms with Gasteiger partial charge in [-0.05, 0) is 0 Å². The number of rotatable bonds is 2. The summed E-state index contributed by atoms with van der Waals surface area (Å²) in [5, 5.41) is 0. The van der Waals surface area contributed by atoms with Crippen LogP contribution in [0.5, 0.6) is 0 Å². The lowest BCUT2D eigenvalue weighted by molar-refractivity contribution is 0.492. The number of hydrogen-bond acceptors (Lipinski definition) is 4. The second-order valence-corrected chi connectivity index (χ2v) is 5.22. The Morgan fingerprint density at radius 3 is 2.73 bits per heavy atom. The van der Waals surface area contributed by atoms with Crippen LogP contribution in [-0.4, -0.2) is 13.4 Å². The van der Waals surface area contributed by atoms with E-state index in [1.165, 1.54) is 6.20 Å². The van der Waals surface area contributed by atoms with Gasteiger partial charge in [0.25, 0.3) is 4.80 Å². The zero-order chi connectivity index (χ0) is 8.48. The van der Waals surface area contributed by atoms with Crippen LogP contribution in [0.2, 0.25) is 0 Å². The number of halogens is 2. The minimum atomic E-state index is -3.55. The Hall–Kier alpha value is -0.0700. The van der Waals surface area contributed by atoms with Crippen molar-refractivity contribution in [2.24, 2.45) is 0 Å². The summed E-state index contributed by atoms with van der Waals surface area (Å²) in [6, 6.07) is 0. The summed E-state index contributed by atoms with van der Waals surface area (Å²) in [6.07, 6.45) is 1.30. The van der Waals surface area contributed by atoms with Gasteiger partial charge < -0.3 is 4.42 Å². The van der Waals surface area contributed by atoms with Crippen LogP contribution >= 0.6 is 26.6 Å². The molecule has 0 radical (unpaired) electrons. The summed E-state index contributed by atoms with van der Waals surface area (Å²) in [4.78, 5) is 3.87. The SMILES string of the molecule is O=S(=O)(Cl)Cc1cnc(Br)o1. The van der Waals surface area contributed by atoms with Crippen LogP contribution in [0, 0.1) is 0 Å². The zero-order valence-corrected chi connectivity index (χ0v) is 8.28. The van der Waals surface area contributed by atoms with Crippen LogP contribution in [0.3, 0.4) is 0 Å².